The summed E-state index contributed by atoms with van der Waals surface area (Å²) in [6, 6.07) is 8.51. The molecular weight excluding hydrogens is 294 g/mol. The van der Waals surface area contributed by atoms with Gasteiger partial charge in [-0.25, -0.2) is 0 Å². The first-order valence-electron chi connectivity index (χ1n) is 6.35. The highest BCUT2D eigenvalue weighted by molar-refractivity contribution is 9.10. The SMILES string of the molecule is CCCCCNCC(C)Sc1cccc(Br)c1. The fourth-order valence-electron chi connectivity index (χ4n) is 1.62. The normalized spacial score (nSPS) is 12.6. The van der Waals surface area contributed by atoms with Crippen LogP contribution in [0.4, 0.5) is 0 Å². The molecule has 0 spiro atoms. The van der Waals surface area contributed by atoms with Crippen molar-refractivity contribution < 1.29 is 0 Å². The van der Waals surface area contributed by atoms with Crippen LogP contribution in [0.3, 0.4) is 0 Å². The molecule has 0 radical (unpaired) electrons. The lowest BCUT2D eigenvalue weighted by Crippen LogP contribution is -2.23. The Labute approximate surface area is 118 Å². The van der Waals surface area contributed by atoms with Crippen LogP contribution in [0.15, 0.2) is 33.6 Å². The summed E-state index contributed by atoms with van der Waals surface area (Å²) in [7, 11) is 0. The molecule has 0 heterocycles. The van der Waals surface area contributed by atoms with E-state index in [4.69, 9.17) is 0 Å². The van der Waals surface area contributed by atoms with E-state index in [0.29, 0.717) is 5.25 Å². The third-order valence-electron chi connectivity index (χ3n) is 2.52. The summed E-state index contributed by atoms with van der Waals surface area (Å²) in [5.74, 6) is 0. The maximum Gasteiger partial charge on any atom is 0.0191 e. The van der Waals surface area contributed by atoms with Gasteiger partial charge in [-0.05, 0) is 31.2 Å². The second-order valence-electron chi connectivity index (χ2n) is 4.30. The van der Waals surface area contributed by atoms with Crippen LogP contribution in [-0.2, 0) is 0 Å². The second kappa shape index (κ2) is 9.01. The molecule has 1 unspecified atom stereocenters. The Morgan fingerprint density at radius 1 is 1.35 bits per heavy atom. The predicted octanol–water partition coefficient (Wildman–Crippen LogP) is 4.71. The zero-order valence-corrected chi connectivity index (χ0v) is 13.1. The molecule has 1 aromatic rings. The van der Waals surface area contributed by atoms with E-state index in [-0.39, 0.29) is 0 Å². The summed E-state index contributed by atoms with van der Waals surface area (Å²) in [6.45, 7) is 6.75. The zero-order valence-electron chi connectivity index (χ0n) is 10.7. The number of halogens is 1. The van der Waals surface area contributed by atoms with Crippen molar-refractivity contribution in [1.29, 1.82) is 0 Å². The Hall–Kier alpha value is 0.01000. The molecule has 0 fully saturated rings. The summed E-state index contributed by atoms with van der Waals surface area (Å²) < 4.78 is 1.16. The van der Waals surface area contributed by atoms with Crippen LogP contribution in [-0.4, -0.2) is 18.3 Å². The lowest BCUT2D eigenvalue weighted by molar-refractivity contribution is 0.616. The van der Waals surface area contributed by atoms with E-state index < -0.39 is 0 Å². The molecule has 17 heavy (non-hydrogen) atoms. The predicted molar refractivity (Wildman–Crippen MR) is 81.9 cm³/mol. The third kappa shape index (κ3) is 7.12. The maximum atomic E-state index is 3.52. The Morgan fingerprint density at radius 3 is 2.88 bits per heavy atom. The van der Waals surface area contributed by atoms with Gasteiger partial charge >= 0.3 is 0 Å². The average Bonchev–Trinajstić information content (AvgIpc) is 2.29. The van der Waals surface area contributed by atoms with Crippen molar-refractivity contribution in [2.24, 2.45) is 0 Å². The number of unbranched alkanes of at least 4 members (excludes halogenated alkanes) is 2. The standard InChI is InChI=1S/C14H22BrNS/c1-3-4-5-9-16-11-12(2)17-14-8-6-7-13(15)10-14/h6-8,10,12,16H,3-5,9,11H2,1-2H3. The minimum atomic E-state index is 0.617. The van der Waals surface area contributed by atoms with Gasteiger partial charge in [0.05, 0.1) is 0 Å². The zero-order chi connectivity index (χ0) is 12.5. The van der Waals surface area contributed by atoms with Crippen LogP contribution in [0.25, 0.3) is 0 Å². The molecule has 96 valence electrons. The van der Waals surface area contributed by atoms with Crippen molar-refractivity contribution in [3.05, 3.63) is 28.7 Å². The lowest BCUT2D eigenvalue weighted by Gasteiger charge is -2.12. The smallest absolute Gasteiger partial charge is 0.0191 e. The molecule has 1 N–H and O–H groups in total. The van der Waals surface area contributed by atoms with Gasteiger partial charge in [0.25, 0.3) is 0 Å². The summed E-state index contributed by atoms with van der Waals surface area (Å²) >= 11 is 5.43. The van der Waals surface area contributed by atoms with E-state index in [1.54, 1.807) is 0 Å². The van der Waals surface area contributed by atoms with Crippen molar-refractivity contribution in [1.82, 2.24) is 5.32 Å². The molecule has 3 heteroatoms. The van der Waals surface area contributed by atoms with Crippen LogP contribution in [0.2, 0.25) is 0 Å². The van der Waals surface area contributed by atoms with Gasteiger partial charge in [0.2, 0.25) is 0 Å². The molecule has 0 aliphatic heterocycles. The first-order valence-corrected chi connectivity index (χ1v) is 8.02. The first-order chi connectivity index (χ1) is 8.22. The highest BCUT2D eigenvalue weighted by Crippen LogP contribution is 2.25. The fourth-order valence-corrected chi connectivity index (χ4v) is 3.19. The summed E-state index contributed by atoms with van der Waals surface area (Å²) in [4.78, 5) is 1.34. The first kappa shape index (κ1) is 15.1. The molecule has 0 aliphatic rings. The third-order valence-corrected chi connectivity index (χ3v) is 4.11. The van der Waals surface area contributed by atoms with Gasteiger partial charge in [-0.1, -0.05) is 48.7 Å². The van der Waals surface area contributed by atoms with Crippen molar-refractivity contribution in [3.63, 3.8) is 0 Å². The van der Waals surface area contributed by atoms with Crippen molar-refractivity contribution >= 4 is 27.7 Å². The van der Waals surface area contributed by atoms with Gasteiger partial charge in [0.15, 0.2) is 0 Å². The highest BCUT2D eigenvalue weighted by Gasteiger charge is 2.04. The van der Waals surface area contributed by atoms with E-state index in [9.17, 15) is 0 Å². The number of hydrogen-bond acceptors (Lipinski definition) is 2. The van der Waals surface area contributed by atoms with Crippen LogP contribution in [0.1, 0.15) is 33.1 Å². The molecule has 1 nitrogen and oxygen atoms in total. The Balaban J connectivity index is 2.18. The van der Waals surface area contributed by atoms with Crippen molar-refractivity contribution in [3.8, 4) is 0 Å². The summed E-state index contributed by atoms with van der Waals surface area (Å²) in [5.41, 5.74) is 0. The number of benzene rings is 1. The van der Waals surface area contributed by atoms with Gasteiger partial charge in [-0.3, -0.25) is 0 Å². The van der Waals surface area contributed by atoms with E-state index in [0.717, 1.165) is 17.6 Å². The van der Waals surface area contributed by atoms with E-state index in [1.807, 2.05) is 11.8 Å². The Kier molecular flexibility index (Phi) is 7.99. The molecule has 0 saturated heterocycles. The van der Waals surface area contributed by atoms with Gasteiger partial charge < -0.3 is 5.32 Å². The molecule has 1 atom stereocenters. The topological polar surface area (TPSA) is 12.0 Å². The molecule has 1 aromatic carbocycles. The molecule has 0 saturated carbocycles. The number of hydrogen-bond donors (Lipinski definition) is 1. The van der Waals surface area contributed by atoms with Crippen LogP contribution >= 0.6 is 27.7 Å². The molecule has 0 aromatic heterocycles. The summed E-state index contributed by atoms with van der Waals surface area (Å²) in [5, 5.41) is 4.14. The minimum Gasteiger partial charge on any atom is -0.316 e. The van der Waals surface area contributed by atoms with Gasteiger partial charge in [0, 0.05) is 21.2 Å². The Morgan fingerprint density at radius 2 is 2.18 bits per heavy atom. The van der Waals surface area contributed by atoms with Crippen LogP contribution in [0, 0.1) is 0 Å². The minimum absolute atomic E-state index is 0.617. The average molecular weight is 316 g/mol. The monoisotopic (exact) mass is 315 g/mol. The van der Waals surface area contributed by atoms with Crippen LogP contribution in [0.5, 0.6) is 0 Å². The summed E-state index contributed by atoms with van der Waals surface area (Å²) in [6.07, 6.45) is 3.93. The van der Waals surface area contributed by atoms with Gasteiger partial charge in [-0.15, -0.1) is 11.8 Å². The number of rotatable bonds is 8. The molecule has 0 bridgehead atoms. The Bertz CT molecular complexity index is 317. The van der Waals surface area contributed by atoms with Crippen molar-refractivity contribution in [2.75, 3.05) is 13.1 Å². The van der Waals surface area contributed by atoms with Gasteiger partial charge in [0.1, 0.15) is 0 Å². The van der Waals surface area contributed by atoms with E-state index in [1.165, 1.54) is 24.2 Å². The quantitative estimate of drug-likeness (QED) is 0.551. The second-order valence-corrected chi connectivity index (χ2v) is 6.72. The largest absolute Gasteiger partial charge is 0.316 e. The number of nitrogens with one attached hydrogen (secondary N) is 1. The fraction of sp³-hybridized carbons (Fsp3) is 0.571. The molecule has 1 rings (SSSR count). The van der Waals surface area contributed by atoms with E-state index >= 15 is 0 Å². The maximum absolute atomic E-state index is 3.52. The van der Waals surface area contributed by atoms with Crippen molar-refractivity contribution in [2.45, 2.75) is 43.3 Å². The number of thioether (sulfide) groups is 1. The molecule has 0 aliphatic carbocycles. The highest BCUT2D eigenvalue weighted by atomic mass is 79.9. The lowest BCUT2D eigenvalue weighted by atomic mass is 10.2. The molecular formula is C14H22BrNS. The van der Waals surface area contributed by atoms with Gasteiger partial charge in [-0.2, -0.15) is 0 Å². The molecule has 0 amide bonds. The van der Waals surface area contributed by atoms with Crippen LogP contribution < -0.4 is 5.32 Å². The van der Waals surface area contributed by atoms with E-state index in [2.05, 4.69) is 59.4 Å².